The quantitative estimate of drug-likeness (QED) is 0.691. The van der Waals surface area contributed by atoms with Gasteiger partial charge in [0.2, 0.25) is 0 Å². The van der Waals surface area contributed by atoms with Crippen LogP contribution in [0.3, 0.4) is 0 Å². The molecule has 1 aliphatic carbocycles. The molecule has 3 heteroatoms. The lowest BCUT2D eigenvalue weighted by Gasteiger charge is -2.16. The van der Waals surface area contributed by atoms with Gasteiger partial charge in [-0.2, -0.15) is 0 Å². The molecule has 80 valence electrons. The molecule has 0 saturated heterocycles. The lowest BCUT2D eigenvalue weighted by molar-refractivity contribution is 0.114. The summed E-state index contributed by atoms with van der Waals surface area (Å²) in [6.45, 7) is 2.50. The van der Waals surface area contributed by atoms with Gasteiger partial charge >= 0.3 is 6.09 Å². The second-order valence-electron chi connectivity index (χ2n) is 3.54. The normalized spacial score (nSPS) is 24.5. The van der Waals surface area contributed by atoms with Gasteiger partial charge in [-0.1, -0.05) is 12.5 Å². The number of allylic oxidation sites excluding steroid dienone is 1. The van der Waals surface area contributed by atoms with Gasteiger partial charge in [0.05, 0.1) is 0 Å². The Bertz CT molecular complexity index is 201. The van der Waals surface area contributed by atoms with E-state index in [0.29, 0.717) is 6.54 Å². The van der Waals surface area contributed by atoms with E-state index in [1.54, 1.807) is 0 Å². The van der Waals surface area contributed by atoms with E-state index in [1.165, 1.54) is 12.8 Å². The maximum absolute atomic E-state index is 11.1. The van der Waals surface area contributed by atoms with Crippen LogP contribution in [0.15, 0.2) is 12.2 Å². The molecular weight excluding hydrogens is 178 g/mol. The highest BCUT2D eigenvalue weighted by atomic mass is 16.6. The molecule has 0 saturated carbocycles. The van der Waals surface area contributed by atoms with E-state index >= 15 is 0 Å². The van der Waals surface area contributed by atoms with Gasteiger partial charge in [-0.15, -0.1) is 0 Å². The molecule has 0 aromatic carbocycles. The third-order valence-electron chi connectivity index (χ3n) is 2.29. The summed E-state index contributed by atoms with van der Waals surface area (Å²) in [5, 5.41) is 2.63. The van der Waals surface area contributed by atoms with Crippen LogP contribution in [0.25, 0.3) is 0 Å². The summed E-state index contributed by atoms with van der Waals surface area (Å²) in [7, 11) is 0. The summed E-state index contributed by atoms with van der Waals surface area (Å²) in [4.78, 5) is 11.1. The van der Waals surface area contributed by atoms with Crippen LogP contribution in [-0.4, -0.2) is 18.7 Å². The first-order valence-corrected chi connectivity index (χ1v) is 5.44. The van der Waals surface area contributed by atoms with E-state index < -0.39 is 0 Å². The van der Waals surface area contributed by atoms with Gasteiger partial charge < -0.3 is 10.1 Å². The molecule has 0 spiro atoms. The van der Waals surface area contributed by atoms with Crippen molar-refractivity contribution in [1.82, 2.24) is 5.32 Å². The lowest BCUT2D eigenvalue weighted by atomic mass is 10.0. The van der Waals surface area contributed by atoms with E-state index in [9.17, 15) is 4.79 Å². The SMILES string of the molecule is CCNC(=O)OC1/C=C/CCCCC1. The van der Waals surface area contributed by atoms with E-state index in [-0.39, 0.29) is 12.2 Å². The van der Waals surface area contributed by atoms with Crippen LogP contribution in [-0.2, 0) is 4.74 Å². The van der Waals surface area contributed by atoms with Crippen molar-refractivity contribution in [3.05, 3.63) is 12.2 Å². The first kappa shape index (κ1) is 11.1. The molecule has 0 heterocycles. The van der Waals surface area contributed by atoms with Crippen LogP contribution < -0.4 is 5.32 Å². The summed E-state index contributed by atoms with van der Waals surface area (Å²) < 4.78 is 5.23. The number of alkyl carbamates (subject to hydrolysis) is 1. The number of amides is 1. The molecule has 3 nitrogen and oxygen atoms in total. The van der Waals surface area contributed by atoms with Crippen LogP contribution in [0, 0.1) is 0 Å². The molecule has 14 heavy (non-hydrogen) atoms. The van der Waals surface area contributed by atoms with E-state index in [0.717, 1.165) is 19.3 Å². The Morgan fingerprint density at radius 3 is 3.14 bits per heavy atom. The minimum Gasteiger partial charge on any atom is -0.442 e. The summed E-state index contributed by atoms with van der Waals surface area (Å²) in [5.74, 6) is 0. The highest BCUT2D eigenvalue weighted by Crippen LogP contribution is 2.14. The summed E-state index contributed by atoms with van der Waals surface area (Å²) in [6.07, 6.45) is 9.49. The smallest absolute Gasteiger partial charge is 0.407 e. The molecule has 1 aliphatic rings. The molecule has 1 rings (SSSR count). The fourth-order valence-electron chi connectivity index (χ4n) is 1.55. The third kappa shape index (κ3) is 4.30. The van der Waals surface area contributed by atoms with Crippen molar-refractivity contribution in [2.75, 3.05) is 6.54 Å². The van der Waals surface area contributed by atoms with Crippen LogP contribution in [0.1, 0.15) is 39.0 Å². The zero-order valence-electron chi connectivity index (χ0n) is 8.79. The zero-order valence-corrected chi connectivity index (χ0v) is 8.79. The highest BCUT2D eigenvalue weighted by molar-refractivity contribution is 5.67. The zero-order chi connectivity index (χ0) is 10.2. The molecule has 0 radical (unpaired) electrons. The molecule has 0 bridgehead atoms. The van der Waals surface area contributed by atoms with Crippen molar-refractivity contribution < 1.29 is 9.53 Å². The summed E-state index contributed by atoms with van der Waals surface area (Å²) in [6, 6.07) is 0. The van der Waals surface area contributed by atoms with E-state index in [1.807, 2.05) is 13.0 Å². The van der Waals surface area contributed by atoms with Crippen LogP contribution >= 0.6 is 0 Å². The van der Waals surface area contributed by atoms with Gasteiger partial charge in [-0.3, -0.25) is 0 Å². The molecule has 0 aromatic heterocycles. The Kier molecular flexibility index (Phi) is 5.12. The fraction of sp³-hybridized carbons (Fsp3) is 0.727. The van der Waals surface area contributed by atoms with Gasteiger partial charge in [-0.25, -0.2) is 4.79 Å². The number of rotatable bonds is 2. The Morgan fingerprint density at radius 2 is 2.36 bits per heavy atom. The van der Waals surface area contributed by atoms with E-state index in [2.05, 4.69) is 11.4 Å². The van der Waals surface area contributed by atoms with Crippen molar-refractivity contribution in [3.63, 3.8) is 0 Å². The van der Waals surface area contributed by atoms with Crippen molar-refractivity contribution in [1.29, 1.82) is 0 Å². The van der Waals surface area contributed by atoms with Crippen molar-refractivity contribution in [2.45, 2.75) is 45.1 Å². The third-order valence-corrected chi connectivity index (χ3v) is 2.29. The fourth-order valence-corrected chi connectivity index (χ4v) is 1.55. The number of carbonyl (C=O) groups is 1. The standard InChI is InChI=1S/C11H19NO2/c1-2-12-11(13)14-10-8-6-4-3-5-7-9-10/h6,8,10H,2-5,7,9H2,1H3,(H,12,13)/b8-6+. The number of carbonyl (C=O) groups excluding carboxylic acids is 1. The van der Waals surface area contributed by atoms with Crippen LogP contribution in [0.5, 0.6) is 0 Å². The maximum atomic E-state index is 11.1. The highest BCUT2D eigenvalue weighted by Gasteiger charge is 2.11. The van der Waals surface area contributed by atoms with Crippen molar-refractivity contribution in [2.24, 2.45) is 0 Å². The lowest BCUT2D eigenvalue weighted by Crippen LogP contribution is -2.28. The largest absolute Gasteiger partial charge is 0.442 e. The second-order valence-corrected chi connectivity index (χ2v) is 3.54. The Hall–Kier alpha value is -0.990. The Morgan fingerprint density at radius 1 is 1.50 bits per heavy atom. The Labute approximate surface area is 85.5 Å². The molecule has 0 fully saturated rings. The average Bonchev–Trinajstić information content (AvgIpc) is 2.10. The molecule has 1 amide bonds. The molecular formula is C11H19NO2. The van der Waals surface area contributed by atoms with E-state index in [4.69, 9.17) is 4.74 Å². The number of hydrogen-bond acceptors (Lipinski definition) is 2. The predicted molar refractivity (Wildman–Crippen MR) is 56.2 cm³/mol. The molecule has 0 aromatic rings. The van der Waals surface area contributed by atoms with Gasteiger partial charge in [0.15, 0.2) is 0 Å². The minimum atomic E-state index is -0.303. The topological polar surface area (TPSA) is 38.3 Å². The maximum Gasteiger partial charge on any atom is 0.407 e. The molecule has 0 aliphatic heterocycles. The van der Waals surface area contributed by atoms with Crippen LogP contribution in [0.2, 0.25) is 0 Å². The predicted octanol–water partition coefficient (Wildman–Crippen LogP) is 2.62. The van der Waals surface area contributed by atoms with Gasteiger partial charge in [-0.05, 0) is 38.7 Å². The first-order chi connectivity index (χ1) is 6.83. The summed E-state index contributed by atoms with van der Waals surface area (Å²) in [5.41, 5.74) is 0. The van der Waals surface area contributed by atoms with Gasteiger partial charge in [0, 0.05) is 6.54 Å². The Balaban J connectivity index is 2.33. The number of hydrogen-bond donors (Lipinski definition) is 1. The molecule has 1 unspecified atom stereocenters. The molecule has 1 N–H and O–H groups in total. The van der Waals surface area contributed by atoms with Crippen LogP contribution in [0.4, 0.5) is 4.79 Å². The van der Waals surface area contributed by atoms with Crippen molar-refractivity contribution >= 4 is 6.09 Å². The van der Waals surface area contributed by atoms with Gasteiger partial charge in [0.1, 0.15) is 6.10 Å². The number of ether oxygens (including phenoxy) is 1. The van der Waals surface area contributed by atoms with Gasteiger partial charge in [0.25, 0.3) is 0 Å². The summed E-state index contributed by atoms with van der Waals surface area (Å²) >= 11 is 0. The van der Waals surface area contributed by atoms with Crippen molar-refractivity contribution in [3.8, 4) is 0 Å². The number of nitrogens with one attached hydrogen (secondary N) is 1. The monoisotopic (exact) mass is 197 g/mol. The molecule has 1 atom stereocenters. The average molecular weight is 197 g/mol. The second kappa shape index (κ2) is 6.46. The minimum absolute atomic E-state index is 0.0261. The first-order valence-electron chi connectivity index (χ1n) is 5.44.